The van der Waals surface area contributed by atoms with Crippen LogP contribution in [0.2, 0.25) is 0 Å². The number of sulfonamides is 1. The van der Waals surface area contributed by atoms with Crippen molar-refractivity contribution in [3.05, 3.63) is 65.2 Å². The highest BCUT2D eigenvalue weighted by atomic mass is 32.2. The molecule has 1 N–H and O–H groups in total. The van der Waals surface area contributed by atoms with Crippen molar-refractivity contribution >= 4 is 21.9 Å². The van der Waals surface area contributed by atoms with Crippen molar-refractivity contribution < 1.29 is 22.7 Å². The third-order valence-electron chi connectivity index (χ3n) is 5.56. The predicted molar refractivity (Wildman–Crippen MR) is 112 cm³/mol. The molecule has 2 aromatic carbocycles. The fraction of sp³-hybridized carbons (Fsp3) is 0.364. The summed E-state index contributed by atoms with van der Waals surface area (Å²) in [5.41, 5.74) is 1.10. The van der Waals surface area contributed by atoms with Gasteiger partial charge in [-0.3, -0.25) is 4.79 Å². The lowest BCUT2D eigenvalue weighted by Crippen LogP contribution is -2.52. The lowest BCUT2D eigenvalue weighted by Gasteiger charge is -2.28. The summed E-state index contributed by atoms with van der Waals surface area (Å²) in [6.45, 7) is 4.01. The quantitative estimate of drug-likeness (QED) is 0.711. The predicted octanol–water partition coefficient (Wildman–Crippen LogP) is 2.51. The van der Waals surface area contributed by atoms with Crippen molar-refractivity contribution in [2.45, 2.75) is 43.7 Å². The van der Waals surface area contributed by atoms with Crippen molar-refractivity contribution in [1.82, 2.24) is 9.62 Å². The fourth-order valence-electron chi connectivity index (χ4n) is 3.45. The molecule has 8 heteroatoms. The van der Waals surface area contributed by atoms with Gasteiger partial charge in [-0.25, -0.2) is 13.2 Å². The van der Waals surface area contributed by atoms with E-state index in [1.54, 1.807) is 13.8 Å². The van der Waals surface area contributed by atoms with Gasteiger partial charge in [-0.05, 0) is 49.1 Å². The topological polar surface area (TPSA) is 92.8 Å². The Bertz CT molecular complexity index is 1070. The molecule has 160 valence electrons. The molecule has 1 atom stereocenters. The maximum Gasteiger partial charge on any atom is 0.331 e. The lowest BCUT2D eigenvalue weighted by molar-refractivity contribution is -0.147. The summed E-state index contributed by atoms with van der Waals surface area (Å²) in [6.07, 6.45) is 0.972. The van der Waals surface area contributed by atoms with E-state index in [-0.39, 0.29) is 10.5 Å². The number of hydrogen-bond acceptors (Lipinski definition) is 5. The summed E-state index contributed by atoms with van der Waals surface area (Å²) < 4.78 is 32.6. The zero-order valence-electron chi connectivity index (χ0n) is 17.3. The number of ether oxygens (including phenoxy) is 1. The Labute approximate surface area is 177 Å². The fourth-order valence-corrected chi connectivity index (χ4v) is 4.92. The van der Waals surface area contributed by atoms with Crippen LogP contribution >= 0.6 is 0 Å². The number of nitrogens with one attached hydrogen (secondary N) is 1. The summed E-state index contributed by atoms with van der Waals surface area (Å²) in [4.78, 5) is 24.8. The van der Waals surface area contributed by atoms with Gasteiger partial charge in [-0.15, -0.1) is 0 Å². The number of carbonyl (C=O) groups excluding carboxylic acids is 2. The van der Waals surface area contributed by atoms with Crippen LogP contribution in [0.3, 0.4) is 0 Å². The summed E-state index contributed by atoms with van der Waals surface area (Å²) >= 11 is 0. The first-order valence-electron chi connectivity index (χ1n) is 9.79. The van der Waals surface area contributed by atoms with E-state index in [1.165, 1.54) is 35.7 Å². The first kappa shape index (κ1) is 22.0. The average molecular weight is 431 g/mol. The molecule has 1 heterocycles. The van der Waals surface area contributed by atoms with Crippen LogP contribution in [0, 0.1) is 0 Å². The number of benzene rings is 2. The zero-order valence-corrected chi connectivity index (χ0v) is 18.2. The number of nitrogens with zero attached hydrogens (tertiary/aromatic N) is 1. The van der Waals surface area contributed by atoms with Crippen LogP contribution in [0.5, 0.6) is 0 Å². The van der Waals surface area contributed by atoms with E-state index in [0.717, 1.165) is 11.1 Å². The standard InChI is InChI=1S/C22H26N2O5S/c1-4-22(2,21(26)29-3)23-20(25)17-10-7-11-19(14-17)30(27,28)24-13-12-16-8-5-6-9-18(16)15-24/h5-11,14H,4,12-13,15H2,1-3H3,(H,23,25). The molecule has 0 fully saturated rings. The molecule has 0 aromatic heterocycles. The normalized spacial score (nSPS) is 16.2. The van der Waals surface area contributed by atoms with Gasteiger partial charge in [0, 0.05) is 18.7 Å². The third-order valence-corrected chi connectivity index (χ3v) is 7.40. The number of rotatable bonds is 6. The smallest absolute Gasteiger partial charge is 0.331 e. The zero-order chi connectivity index (χ0) is 21.9. The Hall–Kier alpha value is -2.71. The van der Waals surface area contributed by atoms with Gasteiger partial charge in [0.25, 0.3) is 5.91 Å². The van der Waals surface area contributed by atoms with Crippen molar-refractivity contribution in [3.63, 3.8) is 0 Å². The molecule has 1 amide bonds. The number of methoxy groups -OCH3 is 1. The van der Waals surface area contributed by atoms with E-state index in [1.807, 2.05) is 24.3 Å². The van der Waals surface area contributed by atoms with Gasteiger partial charge in [0.1, 0.15) is 5.54 Å². The molecule has 30 heavy (non-hydrogen) atoms. The molecule has 7 nitrogen and oxygen atoms in total. The van der Waals surface area contributed by atoms with E-state index < -0.39 is 27.4 Å². The Morgan fingerprint density at radius 2 is 1.83 bits per heavy atom. The maximum atomic E-state index is 13.2. The molecule has 1 unspecified atom stereocenters. The maximum absolute atomic E-state index is 13.2. The largest absolute Gasteiger partial charge is 0.467 e. The second-order valence-electron chi connectivity index (χ2n) is 7.52. The van der Waals surface area contributed by atoms with Gasteiger partial charge in [0.05, 0.1) is 12.0 Å². The number of fused-ring (bicyclic) bond motifs is 1. The molecular weight excluding hydrogens is 404 g/mol. The van der Waals surface area contributed by atoms with Crippen molar-refractivity contribution in [1.29, 1.82) is 0 Å². The van der Waals surface area contributed by atoms with E-state index in [0.29, 0.717) is 25.9 Å². The molecule has 0 aliphatic carbocycles. The van der Waals surface area contributed by atoms with Crippen LogP contribution in [0.4, 0.5) is 0 Å². The summed E-state index contributed by atoms with van der Waals surface area (Å²) in [5.74, 6) is -1.10. The monoisotopic (exact) mass is 430 g/mol. The molecule has 0 saturated carbocycles. The Kier molecular flexibility index (Phi) is 6.28. The second-order valence-corrected chi connectivity index (χ2v) is 9.45. The molecule has 0 radical (unpaired) electrons. The molecular formula is C22H26N2O5S. The average Bonchev–Trinajstić information content (AvgIpc) is 2.78. The number of amides is 1. The van der Waals surface area contributed by atoms with Gasteiger partial charge in [0.2, 0.25) is 10.0 Å². The van der Waals surface area contributed by atoms with Crippen molar-refractivity contribution in [2.75, 3.05) is 13.7 Å². The van der Waals surface area contributed by atoms with Crippen LogP contribution in [0.1, 0.15) is 41.8 Å². The van der Waals surface area contributed by atoms with Crippen LogP contribution in [0.25, 0.3) is 0 Å². The highest BCUT2D eigenvalue weighted by molar-refractivity contribution is 7.89. The Balaban J connectivity index is 1.84. The van der Waals surface area contributed by atoms with Gasteiger partial charge >= 0.3 is 5.97 Å². The van der Waals surface area contributed by atoms with Crippen molar-refractivity contribution in [3.8, 4) is 0 Å². The van der Waals surface area contributed by atoms with E-state index in [4.69, 9.17) is 4.74 Å². The Morgan fingerprint density at radius 1 is 1.13 bits per heavy atom. The Morgan fingerprint density at radius 3 is 2.50 bits per heavy atom. The number of carbonyl (C=O) groups is 2. The van der Waals surface area contributed by atoms with Gasteiger partial charge in [-0.2, -0.15) is 4.31 Å². The van der Waals surface area contributed by atoms with Crippen LogP contribution in [-0.4, -0.2) is 43.8 Å². The van der Waals surface area contributed by atoms with Crippen molar-refractivity contribution in [2.24, 2.45) is 0 Å². The molecule has 3 rings (SSSR count). The second kappa shape index (κ2) is 8.57. The van der Waals surface area contributed by atoms with Crippen LogP contribution in [0.15, 0.2) is 53.4 Å². The third kappa shape index (κ3) is 4.24. The highest BCUT2D eigenvalue weighted by Gasteiger charge is 2.35. The molecule has 1 aliphatic heterocycles. The first-order chi connectivity index (χ1) is 14.2. The van der Waals surface area contributed by atoms with E-state index in [9.17, 15) is 18.0 Å². The molecule has 1 aliphatic rings. The van der Waals surface area contributed by atoms with Crippen LogP contribution < -0.4 is 5.32 Å². The summed E-state index contributed by atoms with van der Waals surface area (Å²) in [6, 6.07) is 13.7. The minimum atomic E-state index is -3.77. The summed E-state index contributed by atoms with van der Waals surface area (Å²) in [5, 5.41) is 2.66. The van der Waals surface area contributed by atoms with Gasteiger partial charge in [-0.1, -0.05) is 37.3 Å². The summed E-state index contributed by atoms with van der Waals surface area (Å²) in [7, 11) is -2.51. The minimum Gasteiger partial charge on any atom is -0.467 e. The SMILES string of the molecule is CCC(C)(NC(=O)c1cccc(S(=O)(=O)N2CCc3ccccc3C2)c1)C(=O)OC. The van der Waals surface area contributed by atoms with Gasteiger partial charge < -0.3 is 10.1 Å². The lowest BCUT2D eigenvalue weighted by atomic mass is 9.98. The highest BCUT2D eigenvalue weighted by Crippen LogP contribution is 2.25. The number of esters is 1. The van der Waals surface area contributed by atoms with Gasteiger partial charge in [0.15, 0.2) is 0 Å². The molecule has 0 bridgehead atoms. The molecule has 0 saturated heterocycles. The number of hydrogen-bond donors (Lipinski definition) is 1. The first-order valence-corrected chi connectivity index (χ1v) is 11.2. The minimum absolute atomic E-state index is 0.0470. The molecule has 2 aromatic rings. The van der Waals surface area contributed by atoms with Crippen LogP contribution in [-0.2, 0) is 32.5 Å². The van der Waals surface area contributed by atoms with E-state index >= 15 is 0 Å². The molecule has 0 spiro atoms. The van der Waals surface area contributed by atoms with E-state index in [2.05, 4.69) is 5.32 Å².